The van der Waals surface area contributed by atoms with Gasteiger partial charge in [0, 0.05) is 25.3 Å². The molecule has 14 heteroatoms. The first-order valence-corrected chi connectivity index (χ1v) is 11.5. The van der Waals surface area contributed by atoms with E-state index in [2.05, 4.69) is 25.7 Å². The molecular formula is C23H23F4N5O4S. The number of piperazine rings is 1. The van der Waals surface area contributed by atoms with E-state index >= 15 is 0 Å². The maximum atomic E-state index is 14.2. The molecule has 3 aromatic rings. The van der Waals surface area contributed by atoms with E-state index in [1.807, 2.05) is 0 Å². The van der Waals surface area contributed by atoms with Gasteiger partial charge in [0.1, 0.15) is 5.82 Å². The summed E-state index contributed by atoms with van der Waals surface area (Å²) in [7, 11) is 2.66. The van der Waals surface area contributed by atoms with Crippen molar-refractivity contribution in [1.29, 1.82) is 0 Å². The summed E-state index contributed by atoms with van der Waals surface area (Å²) < 4.78 is 59.9. The average Bonchev–Trinajstić information content (AvgIpc) is 3.25. The number of hydrogen-bond donors (Lipinski definition) is 3. The molecule has 4 rings (SSSR count). The van der Waals surface area contributed by atoms with Gasteiger partial charge in [-0.05, 0) is 48.9 Å². The molecule has 37 heavy (non-hydrogen) atoms. The normalized spacial score (nSPS) is 19.6. The number of amides is 3. The number of anilines is 2. The third-order valence-electron chi connectivity index (χ3n) is 5.63. The smallest absolute Gasteiger partial charge is 0.419 e. The number of ether oxygens (including phenoxy) is 1. The van der Waals surface area contributed by atoms with Gasteiger partial charge < -0.3 is 15.0 Å². The molecule has 9 nitrogen and oxygen atoms in total. The number of methoxy groups -OCH3 is 1. The molecule has 2 atom stereocenters. The molecule has 0 radical (unpaired) electrons. The highest BCUT2D eigenvalue weighted by Gasteiger charge is 2.64. The second kappa shape index (κ2) is 11.1. The number of carbonyl (C=O) groups excluding carboxylic acids is 3. The molecule has 1 fully saturated rings. The second-order valence-electron chi connectivity index (χ2n) is 8.01. The van der Waals surface area contributed by atoms with Crippen molar-refractivity contribution in [3.63, 3.8) is 0 Å². The van der Waals surface area contributed by atoms with Gasteiger partial charge in [-0.15, -0.1) is 0 Å². The number of halogens is 4. The predicted octanol–water partition coefficient (Wildman–Crippen LogP) is 4.08. The van der Waals surface area contributed by atoms with Gasteiger partial charge in [-0.1, -0.05) is 17.4 Å². The Labute approximate surface area is 212 Å². The number of alkyl halides is 3. The topological polar surface area (TPSA) is 113 Å². The molecule has 0 bridgehead atoms. The molecule has 2 aromatic carbocycles. The molecule has 198 valence electrons. The van der Waals surface area contributed by atoms with Crippen LogP contribution in [0.2, 0.25) is 0 Å². The fourth-order valence-corrected chi connectivity index (χ4v) is 4.49. The first kappa shape index (κ1) is 27.8. The Balaban J connectivity index is 0.000000886. The van der Waals surface area contributed by atoms with Gasteiger partial charge >= 0.3 is 12.2 Å². The van der Waals surface area contributed by atoms with Crippen LogP contribution in [0, 0.1) is 5.82 Å². The van der Waals surface area contributed by atoms with Gasteiger partial charge in [-0.3, -0.25) is 20.2 Å². The van der Waals surface area contributed by atoms with Crippen LogP contribution in [0.3, 0.4) is 0 Å². The lowest BCUT2D eigenvalue weighted by Crippen LogP contribution is -2.70. The Morgan fingerprint density at radius 1 is 1.24 bits per heavy atom. The van der Waals surface area contributed by atoms with E-state index in [1.54, 1.807) is 6.92 Å². The third kappa shape index (κ3) is 5.80. The number of urea groups is 1. The number of likely N-dealkylation sites (N-methyl/N-ethyl adjacent to an activating group) is 1. The van der Waals surface area contributed by atoms with Crippen molar-refractivity contribution < 1.29 is 36.7 Å². The highest BCUT2D eigenvalue weighted by molar-refractivity contribution is 7.22. The van der Waals surface area contributed by atoms with Crippen molar-refractivity contribution in [3.05, 3.63) is 53.8 Å². The lowest BCUT2D eigenvalue weighted by atomic mass is 9.84. The standard InChI is InChI=1S/C21H19F4N5O2S.C2H4O2/c1-11-10-26-20(21(23,24)25,17(31)30(11)2)12-3-8-15-16(9-12)33-19(28-15)29-18(32)27-14-6-4-13(22)5-7-14;1-4-2-3/h3-9,11,26H,10H2,1-2H3,(H2,27,28,29,32);2H,1H3. The Bertz CT molecular complexity index is 1280. The quantitative estimate of drug-likeness (QED) is 0.339. The van der Waals surface area contributed by atoms with E-state index in [-0.39, 0.29) is 17.2 Å². The van der Waals surface area contributed by atoms with Crippen LogP contribution in [-0.4, -0.2) is 61.2 Å². The molecule has 1 saturated heterocycles. The first-order valence-electron chi connectivity index (χ1n) is 10.7. The van der Waals surface area contributed by atoms with Gasteiger partial charge in [-0.25, -0.2) is 14.2 Å². The lowest BCUT2D eigenvalue weighted by Gasteiger charge is -2.45. The number of hydrogen-bond acceptors (Lipinski definition) is 7. The summed E-state index contributed by atoms with van der Waals surface area (Å²) in [4.78, 5) is 39.3. The van der Waals surface area contributed by atoms with Gasteiger partial charge in [0.2, 0.25) is 5.54 Å². The molecule has 3 N–H and O–H groups in total. The van der Waals surface area contributed by atoms with E-state index < -0.39 is 35.5 Å². The van der Waals surface area contributed by atoms with Crippen LogP contribution in [0.15, 0.2) is 42.5 Å². The summed E-state index contributed by atoms with van der Waals surface area (Å²) in [6.07, 6.45) is -4.88. The molecule has 1 aromatic heterocycles. The number of benzene rings is 2. The van der Waals surface area contributed by atoms with E-state index in [1.165, 1.54) is 56.6 Å². The number of rotatable bonds is 4. The number of carbonyl (C=O) groups is 3. The van der Waals surface area contributed by atoms with Crippen LogP contribution < -0.4 is 16.0 Å². The minimum Gasteiger partial charge on any atom is -0.471 e. The summed E-state index contributed by atoms with van der Waals surface area (Å²) in [5.41, 5.74) is -2.41. The van der Waals surface area contributed by atoms with E-state index in [9.17, 15) is 27.2 Å². The number of nitrogens with zero attached hydrogens (tertiary/aromatic N) is 2. The van der Waals surface area contributed by atoms with Crippen LogP contribution in [0.25, 0.3) is 10.2 Å². The van der Waals surface area contributed by atoms with Crippen LogP contribution >= 0.6 is 11.3 Å². The maximum absolute atomic E-state index is 14.2. The zero-order valence-corrected chi connectivity index (χ0v) is 20.7. The molecule has 0 aliphatic carbocycles. The van der Waals surface area contributed by atoms with Gasteiger partial charge in [0.05, 0.1) is 17.3 Å². The summed E-state index contributed by atoms with van der Waals surface area (Å²) in [6.45, 7) is 2.01. The Morgan fingerprint density at radius 3 is 2.49 bits per heavy atom. The summed E-state index contributed by atoms with van der Waals surface area (Å²) >= 11 is 0.966. The Kier molecular flexibility index (Phi) is 8.33. The van der Waals surface area contributed by atoms with Crippen LogP contribution in [0.4, 0.5) is 33.2 Å². The number of nitrogens with one attached hydrogen (secondary N) is 3. The number of aromatic nitrogens is 1. The van der Waals surface area contributed by atoms with Gasteiger partial charge in [-0.2, -0.15) is 13.2 Å². The van der Waals surface area contributed by atoms with Crippen molar-refractivity contribution in [1.82, 2.24) is 15.2 Å². The zero-order chi connectivity index (χ0) is 27.4. The number of thiazole rings is 1. The lowest BCUT2D eigenvalue weighted by molar-refractivity contribution is -0.215. The second-order valence-corrected chi connectivity index (χ2v) is 9.04. The Morgan fingerprint density at radius 2 is 1.89 bits per heavy atom. The largest absolute Gasteiger partial charge is 0.471 e. The highest BCUT2D eigenvalue weighted by atomic mass is 32.1. The molecular weight excluding hydrogens is 518 g/mol. The van der Waals surface area contributed by atoms with Crippen LogP contribution in [-0.2, 0) is 19.9 Å². The molecule has 1 aliphatic heterocycles. The van der Waals surface area contributed by atoms with Crippen molar-refractivity contribution in [2.24, 2.45) is 0 Å². The SMILES string of the molecule is CC1CNC(c2ccc3nc(NC(=O)Nc4ccc(F)cc4)sc3c2)(C(F)(F)F)C(=O)N1C.COC=O. The van der Waals surface area contributed by atoms with Gasteiger partial charge in [0.15, 0.2) is 5.13 Å². The third-order valence-corrected chi connectivity index (χ3v) is 6.56. The summed E-state index contributed by atoms with van der Waals surface area (Å²) in [5, 5.41) is 7.58. The molecule has 2 heterocycles. The monoisotopic (exact) mass is 541 g/mol. The van der Waals surface area contributed by atoms with Crippen molar-refractivity contribution >= 4 is 50.8 Å². The van der Waals surface area contributed by atoms with Gasteiger partial charge in [0.25, 0.3) is 12.4 Å². The van der Waals surface area contributed by atoms with Crippen molar-refractivity contribution in [2.45, 2.75) is 24.7 Å². The summed E-state index contributed by atoms with van der Waals surface area (Å²) in [5.74, 6) is -1.54. The van der Waals surface area contributed by atoms with Crippen LogP contribution in [0.1, 0.15) is 12.5 Å². The zero-order valence-electron chi connectivity index (χ0n) is 19.9. The molecule has 0 spiro atoms. The van der Waals surface area contributed by atoms with Crippen molar-refractivity contribution in [2.75, 3.05) is 31.3 Å². The minimum atomic E-state index is -4.88. The highest BCUT2D eigenvalue weighted by Crippen LogP contribution is 2.43. The first-order chi connectivity index (χ1) is 17.4. The average molecular weight is 542 g/mol. The molecule has 2 unspecified atom stereocenters. The predicted molar refractivity (Wildman–Crippen MR) is 130 cm³/mol. The minimum absolute atomic E-state index is 0.0289. The number of fused-ring (bicyclic) bond motifs is 1. The van der Waals surface area contributed by atoms with E-state index in [0.29, 0.717) is 22.4 Å². The fraction of sp³-hybridized carbons (Fsp3) is 0.304. The Hall–Kier alpha value is -3.78. The molecule has 1 aliphatic rings. The fourth-order valence-electron chi connectivity index (χ4n) is 3.59. The van der Waals surface area contributed by atoms with E-state index in [4.69, 9.17) is 4.79 Å². The van der Waals surface area contributed by atoms with Crippen LogP contribution in [0.5, 0.6) is 0 Å². The van der Waals surface area contributed by atoms with Crippen molar-refractivity contribution in [3.8, 4) is 0 Å². The summed E-state index contributed by atoms with van der Waals surface area (Å²) in [6, 6.07) is 7.94. The maximum Gasteiger partial charge on any atom is 0.419 e. The van der Waals surface area contributed by atoms with E-state index in [0.717, 1.165) is 16.2 Å². The molecule has 0 saturated carbocycles. The molecule has 3 amide bonds.